The third kappa shape index (κ3) is 4.37. The van der Waals surface area contributed by atoms with Crippen molar-refractivity contribution in [3.63, 3.8) is 0 Å². The fourth-order valence-electron chi connectivity index (χ4n) is 1.89. The van der Waals surface area contributed by atoms with Crippen molar-refractivity contribution in [2.45, 2.75) is 5.16 Å². The summed E-state index contributed by atoms with van der Waals surface area (Å²) in [4.78, 5) is 23.3. The van der Waals surface area contributed by atoms with Crippen LogP contribution in [0.1, 0.15) is 10.5 Å². The number of nitrogens with zero attached hydrogens (tertiary/aromatic N) is 2. The molecule has 0 bridgehead atoms. The normalized spacial score (nSPS) is 13.8. The number of dihydropyridines is 1. The molecule has 0 radical (unpaired) electrons. The smallest absolute Gasteiger partial charge is 0.273 e. The zero-order valence-electron chi connectivity index (χ0n) is 12.0. The number of H-pyrrole nitrogens is 1. The SMILES string of the molecule is O=C(Nc1cccnc1)c1cnc(SCC2=CC=C(Cl)NC2)[nH]1. The number of carbonyl (C=O) groups is 1. The average Bonchev–Trinajstić information content (AvgIpc) is 3.04. The Morgan fingerprint density at radius 3 is 3.04 bits per heavy atom. The molecule has 8 heteroatoms. The molecule has 2 aromatic heterocycles. The van der Waals surface area contributed by atoms with Gasteiger partial charge in [0.05, 0.1) is 18.1 Å². The Kier molecular flexibility index (Phi) is 4.99. The Balaban J connectivity index is 1.56. The van der Waals surface area contributed by atoms with Crippen molar-refractivity contribution in [3.8, 4) is 0 Å². The van der Waals surface area contributed by atoms with E-state index in [1.54, 1.807) is 24.5 Å². The standard InChI is InChI=1S/C15H14ClN5OS/c16-13-4-3-10(6-18-13)9-23-15-19-8-12(21-15)14(22)20-11-2-1-5-17-7-11/h1-5,7-8,18H,6,9H2,(H,19,21)(H,20,22). The van der Waals surface area contributed by atoms with E-state index in [0.717, 1.165) is 12.3 Å². The molecule has 3 heterocycles. The van der Waals surface area contributed by atoms with Gasteiger partial charge < -0.3 is 15.6 Å². The molecule has 0 aromatic carbocycles. The van der Waals surface area contributed by atoms with Crippen LogP contribution in [-0.2, 0) is 0 Å². The van der Waals surface area contributed by atoms with Crippen molar-refractivity contribution in [1.82, 2.24) is 20.3 Å². The molecule has 0 unspecified atom stereocenters. The summed E-state index contributed by atoms with van der Waals surface area (Å²) in [5.41, 5.74) is 2.26. The lowest BCUT2D eigenvalue weighted by Gasteiger charge is -2.12. The third-order valence-electron chi connectivity index (χ3n) is 3.06. The quantitative estimate of drug-likeness (QED) is 0.572. The molecule has 1 aliphatic rings. The number of thioether (sulfide) groups is 1. The van der Waals surface area contributed by atoms with Crippen LogP contribution < -0.4 is 10.6 Å². The van der Waals surface area contributed by atoms with E-state index in [0.29, 0.717) is 21.7 Å². The first-order valence-electron chi connectivity index (χ1n) is 6.89. The van der Waals surface area contributed by atoms with Crippen LogP contribution in [0, 0.1) is 0 Å². The zero-order valence-corrected chi connectivity index (χ0v) is 13.6. The highest BCUT2D eigenvalue weighted by Gasteiger charge is 2.11. The van der Waals surface area contributed by atoms with Gasteiger partial charge in [0.2, 0.25) is 0 Å². The minimum atomic E-state index is -0.245. The fraction of sp³-hybridized carbons (Fsp3) is 0.133. The summed E-state index contributed by atoms with van der Waals surface area (Å²) < 4.78 is 0. The van der Waals surface area contributed by atoms with Gasteiger partial charge in [-0.2, -0.15) is 0 Å². The Labute approximate surface area is 142 Å². The highest BCUT2D eigenvalue weighted by Crippen LogP contribution is 2.19. The Morgan fingerprint density at radius 1 is 1.39 bits per heavy atom. The maximum absolute atomic E-state index is 12.1. The van der Waals surface area contributed by atoms with Gasteiger partial charge in [-0.05, 0) is 23.8 Å². The van der Waals surface area contributed by atoms with Crippen LogP contribution in [0.4, 0.5) is 5.69 Å². The van der Waals surface area contributed by atoms with E-state index < -0.39 is 0 Å². The second kappa shape index (κ2) is 7.34. The highest BCUT2D eigenvalue weighted by molar-refractivity contribution is 7.99. The second-order valence-corrected chi connectivity index (χ2v) is 6.15. The molecule has 0 aliphatic carbocycles. The number of pyridine rings is 1. The number of anilines is 1. The van der Waals surface area contributed by atoms with E-state index in [2.05, 4.69) is 25.6 Å². The number of rotatable bonds is 5. The molecule has 23 heavy (non-hydrogen) atoms. The van der Waals surface area contributed by atoms with Crippen molar-refractivity contribution in [1.29, 1.82) is 0 Å². The van der Waals surface area contributed by atoms with Gasteiger partial charge in [0.1, 0.15) is 10.9 Å². The number of hydrogen-bond acceptors (Lipinski definition) is 5. The first kappa shape index (κ1) is 15.6. The number of amides is 1. The molecule has 1 amide bonds. The van der Waals surface area contributed by atoms with Gasteiger partial charge in [-0.1, -0.05) is 29.4 Å². The molecule has 3 rings (SSSR count). The van der Waals surface area contributed by atoms with Gasteiger partial charge in [-0.15, -0.1) is 0 Å². The molecule has 3 N–H and O–H groups in total. The van der Waals surface area contributed by atoms with Crippen molar-refractivity contribution in [2.24, 2.45) is 0 Å². The van der Waals surface area contributed by atoms with E-state index in [9.17, 15) is 4.79 Å². The van der Waals surface area contributed by atoms with Gasteiger partial charge in [-0.3, -0.25) is 9.78 Å². The Morgan fingerprint density at radius 2 is 2.30 bits per heavy atom. The number of carbonyl (C=O) groups excluding carboxylic acids is 1. The summed E-state index contributed by atoms with van der Waals surface area (Å²) in [5, 5.41) is 7.16. The van der Waals surface area contributed by atoms with Gasteiger partial charge >= 0.3 is 0 Å². The largest absolute Gasteiger partial charge is 0.372 e. The van der Waals surface area contributed by atoms with Gasteiger partial charge in [0.15, 0.2) is 5.16 Å². The molecule has 0 atom stereocenters. The molecular formula is C15H14ClN5OS. The number of hydrogen-bond donors (Lipinski definition) is 3. The summed E-state index contributed by atoms with van der Waals surface area (Å²) in [7, 11) is 0. The van der Waals surface area contributed by atoms with E-state index in [4.69, 9.17) is 11.6 Å². The number of halogens is 1. The van der Waals surface area contributed by atoms with E-state index in [1.165, 1.54) is 23.5 Å². The van der Waals surface area contributed by atoms with Crippen molar-refractivity contribution >= 4 is 35.0 Å². The maximum Gasteiger partial charge on any atom is 0.273 e. The predicted octanol–water partition coefficient (Wildman–Crippen LogP) is 2.76. The molecule has 2 aromatic rings. The lowest BCUT2D eigenvalue weighted by Crippen LogP contribution is -2.17. The molecule has 0 fully saturated rings. The molecular weight excluding hydrogens is 334 g/mol. The number of aromatic nitrogens is 3. The monoisotopic (exact) mass is 347 g/mol. The first-order valence-corrected chi connectivity index (χ1v) is 8.25. The van der Waals surface area contributed by atoms with E-state index in [1.807, 2.05) is 12.2 Å². The summed E-state index contributed by atoms with van der Waals surface area (Å²) in [5.74, 6) is 0.524. The molecule has 6 nitrogen and oxygen atoms in total. The third-order valence-corrected chi connectivity index (χ3v) is 4.32. The molecule has 1 aliphatic heterocycles. The Hall–Kier alpha value is -2.25. The highest BCUT2D eigenvalue weighted by atomic mass is 35.5. The van der Waals surface area contributed by atoms with Crippen molar-refractivity contribution in [3.05, 3.63) is 59.3 Å². The summed E-state index contributed by atoms with van der Waals surface area (Å²) >= 11 is 7.37. The molecule has 118 valence electrons. The van der Waals surface area contributed by atoms with E-state index in [-0.39, 0.29) is 5.91 Å². The predicted molar refractivity (Wildman–Crippen MR) is 91.5 cm³/mol. The number of allylic oxidation sites excluding steroid dienone is 2. The number of nitrogens with one attached hydrogen (secondary N) is 3. The lowest BCUT2D eigenvalue weighted by molar-refractivity contribution is 0.102. The lowest BCUT2D eigenvalue weighted by atomic mass is 10.2. The molecule has 0 saturated carbocycles. The van der Waals surface area contributed by atoms with E-state index >= 15 is 0 Å². The van der Waals surface area contributed by atoms with Crippen LogP contribution >= 0.6 is 23.4 Å². The van der Waals surface area contributed by atoms with Crippen LogP contribution in [-0.4, -0.2) is 33.2 Å². The minimum absolute atomic E-state index is 0.245. The van der Waals surface area contributed by atoms with Gasteiger partial charge in [0.25, 0.3) is 5.91 Å². The van der Waals surface area contributed by atoms with Crippen LogP contribution in [0.15, 0.2) is 58.8 Å². The molecule has 0 spiro atoms. The maximum atomic E-state index is 12.1. The van der Waals surface area contributed by atoms with Crippen molar-refractivity contribution in [2.75, 3.05) is 17.6 Å². The number of imidazole rings is 1. The number of aromatic amines is 1. The van der Waals surface area contributed by atoms with Gasteiger partial charge in [0, 0.05) is 18.5 Å². The molecule has 0 saturated heterocycles. The van der Waals surface area contributed by atoms with Crippen LogP contribution in [0.5, 0.6) is 0 Å². The minimum Gasteiger partial charge on any atom is -0.372 e. The van der Waals surface area contributed by atoms with Gasteiger partial charge in [-0.25, -0.2) is 4.98 Å². The second-order valence-electron chi connectivity index (χ2n) is 4.78. The first-order chi connectivity index (χ1) is 11.2. The van der Waals surface area contributed by atoms with Crippen molar-refractivity contribution < 1.29 is 4.79 Å². The topological polar surface area (TPSA) is 82.7 Å². The zero-order chi connectivity index (χ0) is 16.1. The van der Waals surface area contributed by atoms with Crippen LogP contribution in [0.2, 0.25) is 0 Å². The fourth-order valence-corrected chi connectivity index (χ4v) is 2.85. The summed E-state index contributed by atoms with van der Waals surface area (Å²) in [6.45, 7) is 0.720. The Bertz CT molecular complexity index is 756. The van der Waals surface area contributed by atoms with Crippen LogP contribution in [0.3, 0.4) is 0 Å². The average molecular weight is 348 g/mol. The summed E-state index contributed by atoms with van der Waals surface area (Å²) in [6.07, 6.45) is 8.59. The summed E-state index contributed by atoms with van der Waals surface area (Å²) in [6, 6.07) is 3.54. The van der Waals surface area contributed by atoms with Crippen LogP contribution in [0.25, 0.3) is 0 Å².